The summed E-state index contributed by atoms with van der Waals surface area (Å²) in [5.74, 6) is 0. The topological polar surface area (TPSA) is 103 Å². The van der Waals surface area contributed by atoms with Crippen LogP contribution >= 0.6 is 14.1 Å². The van der Waals surface area contributed by atoms with Crippen molar-refractivity contribution in [3.63, 3.8) is 0 Å². The Balaban J connectivity index is 0.00000560. The van der Waals surface area contributed by atoms with Crippen molar-refractivity contribution >= 4 is 32.2 Å². The van der Waals surface area contributed by atoms with Crippen molar-refractivity contribution in [1.29, 1.82) is 0 Å². The molecule has 11 atom stereocenters. The molecule has 0 bridgehead atoms. The first kappa shape index (κ1) is 45.9. The van der Waals surface area contributed by atoms with E-state index < -0.39 is 26.3 Å². The molecule has 239 valence electrons. The summed E-state index contributed by atoms with van der Waals surface area (Å²) in [6.45, 7) is 12.5. The molecule has 0 aromatic heterocycles. The fourth-order valence-corrected chi connectivity index (χ4v) is 7.22. The average Bonchev–Trinajstić information content (AvgIpc) is 3.44. The maximum absolute atomic E-state index is 10.8. The minimum Gasteiger partial charge on any atom is -0.405 e. The van der Waals surface area contributed by atoms with Crippen molar-refractivity contribution in [1.82, 2.24) is 0 Å². The van der Waals surface area contributed by atoms with Crippen molar-refractivity contribution in [3.8, 4) is 0 Å². The standard InChI is InChI=1S/C26H47O10P2S.3Y/c1-16(2)28-13-24-22(11-19(6)32-24)35-37(8,9)29-14-26-23(12-20(7)34-26)36-38(27,39)30-15-25-21(31-17(3)4)10-18(5)33-25;;;/h10-12,16-26H,8,13-15H2,1-7,9H3,(H,27,39);;;/q-3;;;/t18-,19-,20-,21+,22+,23+,24+,25+,26+,37?,38?;;;/m0.../s1. The molecule has 16 heteroatoms. The Labute approximate surface area is 334 Å². The van der Waals surface area contributed by atoms with Gasteiger partial charge in [-0.2, -0.15) is 0 Å². The summed E-state index contributed by atoms with van der Waals surface area (Å²) in [5.41, 5.74) is 0. The third-order valence-corrected chi connectivity index (χ3v) is 9.13. The van der Waals surface area contributed by atoms with Gasteiger partial charge in [-0.05, 0) is 57.8 Å². The number of ether oxygens (including phenoxy) is 5. The summed E-state index contributed by atoms with van der Waals surface area (Å²) < 4.78 is 53.3. The third kappa shape index (κ3) is 16.0. The van der Waals surface area contributed by atoms with Crippen LogP contribution in [0.25, 0.3) is 0 Å². The molecule has 3 rings (SSSR count). The van der Waals surface area contributed by atoms with E-state index in [1.165, 1.54) is 0 Å². The van der Waals surface area contributed by atoms with Gasteiger partial charge in [0.05, 0.1) is 44.2 Å². The molecule has 3 fully saturated rings. The van der Waals surface area contributed by atoms with Crippen LogP contribution in [0.4, 0.5) is 0 Å². The number of hydrogen-bond acceptors (Lipinski definition) is 10. The third-order valence-electron chi connectivity index (χ3n) is 6.19. The van der Waals surface area contributed by atoms with E-state index in [0.717, 1.165) is 0 Å². The second kappa shape index (κ2) is 21.2. The molecule has 42 heavy (non-hydrogen) atoms. The van der Waals surface area contributed by atoms with Crippen molar-refractivity contribution in [2.45, 2.75) is 116 Å². The van der Waals surface area contributed by atoms with Crippen LogP contribution in [-0.4, -0.2) is 105 Å². The molecule has 0 amide bonds. The summed E-state index contributed by atoms with van der Waals surface area (Å²) >= 11 is 5.32. The van der Waals surface area contributed by atoms with Gasteiger partial charge in [0, 0.05) is 111 Å². The molecule has 3 radical (unpaired) electrons. The Morgan fingerprint density at radius 3 is 1.67 bits per heavy atom. The predicted octanol–water partition coefficient (Wildman–Crippen LogP) is 4.10. The van der Waals surface area contributed by atoms with Gasteiger partial charge < -0.3 is 46.7 Å². The van der Waals surface area contributed by atoms with Crippen LogP contribution in [0, 0.1) is 19.3 Å². The van der Waals surface area contributed by atoms with Crippen LogP contribution in [0.1, 0.15) is 48.5 Å². The molecule has 0 spiro atoms. The minimum absolute atomic E-state index is 0. The Kier molecular flexibility index (Phi) is 23.1. The van der Waals surface area contributed by atoms with Crippen molar-refractivity contribution < 1.29 is 145 Å². The molecule has 3 heterocycles. The summed E-state index contributed by atoms with van der Waals surface area (Å²) in [4.78, 5) is 10.8. The monoisotopic (exact) mass is 880 g/mol. The molecular formula is C26H47O10P2SY3-3. The quantitative estimate of drug-likeness (QED) is 0.190. The first-order chi connectivity index (χ1) is 18.1. The Hall–Kier alpha value is 3.86. The van der Waals surface area contributed by atoms with Crippen LogP contribution < -0.4 is 0 Å². The van der Waals surface area contributed by atoms with E-state index in [4.69, 9.17) is 53.6 Å². The van der Waals surface area contributed by atoms with Crippen LogP contribution in [-0.2, 0) is 152 Å². The fourth-order valence-electron chi connectivity index (χ4n) is 4.58. The van der Waals surface area contributed by atoms with Gasteiger partial charge in [-0.1, -0.05) is 45.4 Å². The van der Waals surface area contributed by atoms with Crippen molar-refractivity contribution in [2.24, 2.45) is 0 Å². The van der Waals surface area contributed by atoms with E-state index >= 15 is 0 Å². The fraction of sp³-hybridized carbons (Fsp3) is 0.846. The molecule has 3 aliphatic heterocycles. The second-order valence-corrected chi connectivity index (χ2v) is 16.2. The summed E-state index contributed by atoms with van der Waals surface area (Å²) in [6, 6.07) is 0. The van der Waals surface area contributed by atoms with Crippen LogP contribution in [0.15, 0.2) is 0 Å². The molecule has 0 aromatic carbocycles. The molecule has 0 saturated carbocycles. The van der Waals surface area contributed by atoms with Gasteiger partial charge in [0.1, 0.15) is 7.34 Å². The number of rotatable bonds is 15. The van der Waals surface area contributed by atoms with Crippen LogP contribution in [0.3, 0.4) is 0 Å². The average molecular weight is 880 g/mol. The molecule has 10 nitrogen and oxygen atoms in total. The van der Waals surface area contributed by atoms with Gasteiger partial charge >= 0.3 is 6.72 Å². The zero-order chi connectivity index (χ0) is 29.0. The normalized spacial score (nSPS) is 35.7. The molecular weight excluding hydrogens is 833 g/mol. The van der Waals surface area contributed by atoms with Gasteiger partial charge in [0.25, 0.3) is 0 Å². The molecule has 3 aliphatic rings. The summed E-state index contributed by atoms with van der Waals surface area (Å²) in [6.07, 6.45) is 7.46. The van der Waals surface area contributed by atoms with Gasteiger partial charge in [-0.3, -0.25) is 19.3 Å². The van der Waals surface area contributed by atoms with E-state index in [0.29, 0.717) is 6.61 Å². The van der Waals surface area contributed by atoms with Crippen molar-refractivity contribution in [3.05, 3.63) is 19.3 Å². The Morgan fingerprint density at radius 2 is 1.17 bits per heavy atom. The maximum Gasteiger partial charge on any atom is 0.322 e. The van der Waals surface area contributed by atoms with E-state index in [-0.39, 0.29) is 166 Å². The summed E-state index contributed by atoms with van der Waals surface area (Å²) in [7, 11) is -2.52. The second-order valence-electron chi connectivity index (χ2n) is 11.0. The van der Waals surface area contributed by atoms with Crippen molar-refractivity contribution in [2.75, 3.05) is 26.5 Å². The van der Waals surface area contributed by atoms with Gasteiger partial charge in [0.15, 0.2) is 0 Å². The zero-order valence-corrected chi connectivity index (χ0v) is 37.2. The van der Waals surface area contributed by atoms with Gasteiger partial charge in [-0.25, -0.2) is 0 Å². The zero-order valence-electron chi connectivity index (χ0n) is 26.1. The summed E-state index contributed by atoms with van der Waals surface area (Å²) in [5, 5.41) is 0. The first-order valence-corrected chi connectivity index (χ1v) is 18.4. The maximum atomic E-state index is 10.8. The van der Waals surface area contributed by atoms with Gasteiger partial charge in [-0.15, -0.1) is 0 Å². The van der Waals surface area contributed by atoms with E-state index in [1.54, 1.807) is 0 Å². The molecule has 1 N–H and O–H groups in total. The van der Waals surface area contributed by atoms with E-state index in [9.17, 15) is 4.89 Å². The Morgan fingerprint density at radius 1 is 0.738 bits per heavy atom. The molecule has 0 aliphatic carbocycles. The molecule has 3 saturated heterocycles. The largest absolute Gasteiger partial charge is 0.405 e. The molecule has 0 aromatic rings. The molecule has 2 unspecified atom stereocenters. The predicted molar refractivity (Wildman–Crippen MR) is 155 cm³/mol. The van der Waals surface area contributed by atoms with E-state index in [1.807, 2.05) is 74.4 Å². The SMILES string of the molecule is C=P(C)(OC[C@H]1O[C@@H](C)[CH-][C@H]1OP(O)(=S)OC[C@H]1O[C@@H](C)[CH-][C@H]1OC(C)C)O[C@@H]1[CH-][C@H](C)O[C@@H]1COC(C)C.[Y].[Y].[Y]. The first-order valence-electron chi connectivity index (χ1n) is 13.6. The van der Waals surface area contributed by atoms with Crippen LogP contribution in [0.2, 0.25) is 0 Å². The Bertz CT molecular complexity index is 876. The van der Waals surface area contributed by atoms with E-state index in [2.05, 4.69) is 6.30 Å². The smallest absolute Gasteiger partial charge is 0.322 e. The van der Waals surface area contributed by atoms with Crippen LogP contribution in [0.5, 0.6) is 0 Å². The minimum atomic E-state index is -3.61. The number of hydrogen-bond donors (Lipinski definition) is 1. The van der Waals surface area contributed by atoms with Gasteiger partial charge in [0.2, 0.25) is 0 Å².